The third kappa shape index (κ3) is 1.74. The smallest absolute Gasteiger partial charge is 0.244 e. The Balaban J connectivity index is 3.16. The summed E-state index contributed by atoms with van der Waals surface area (Å²) in [6.07, 6.45) is 2.03. The summed E-state index contributed by atoms with van der Waals surface area (Å²) in [5.74, 6) is 0.231. The molecule has 0 N–H and O–H groups in total. The summed E-state index contributed by atoms with van der Waals surface area (Å²) in [5.41, 5.74) is 0.204. The Labute approximate surface area is 71.7 Å². The van der Waals surface area contributed by atoms with Gasteiger partial charge in [0.05, 0.1) is 13.3 Å². The third-order valence-corrected chi connectivity index (χ3v) is 1.42. The van der Waals surface area contributed by atoms with Crippen LogP contribution < -0.4 is 4.74 Å². The average Bonchev–Trinajstić information content (AvgIpc) is 2.04. The molecule has 0 spiro atoms. The summed E-state index contributed by atoms with van der Waals surface area (Å²) in [6, 6.07) is 0. The standard InChI is InChI=1S/C6H5BrN2O2/c1-11-6-4(3-10)8-2-5(7)9-6/h2-3H,1H3. The minimum absolute atomic E-state index is 0.204. The second kappa shape index (κ2) is 3.43. The Bertz CT molecular complexity index is 277. The number of hydrogen-bond donors (Lipinski definition) is 0. The lowest BCUT2D eigenvalue weighted by molar-refractivity contribution is 0.111. The van der Waals surface area contributed by atoms with Gasteiger partial charge in [-0.2, -0.15) is 0 Å². The van der Waals surface area contributed by atoms with Crippen LogP contribution in [0, 0.1) is 0 Å². The van der Waals surface area contributed by atoms with E-state index in [0.29, 0.717) is 10.9 Å². The third-order valence-electron chi connectivity index (χ3n) is 1.04. The van der Waals surface area contributed by atoms with E-state index in [0.717, 1.165) is 0 Å². The average molecular weight is 217 g/mol. The molecule has 1 heterocycles. The van der Waals surface area contributed by atoms with E-state index < -0.39 is 0 Å². The van der Waals surface area contributed by atoms with Gasteiger partial charge in [-0.3, -0.25) is 4.79 Å². The van der Waals surface area contributed by atoms with Crippen molar-refractivity contribution in [3.05, 3.63) is 16.5 Å². The Morgan fingerprint density at radius 2 is 2.45 bits per heavy atom. The van der Waals surface area contributed by atoms with Crippen LogP contribution in [0.4, 0.5) is 0 Å². The quantitative estimate of drug-likeness (QED) is 0.695. The van der Waals surface area contributed by atoms with E-state index in [2.05, 4.69) is 25.9 Å². The predicted octanol–water partition coefficient (Wildman–Crippen LogP) is 1.06. The molecular weight excluding hydrogens is 212 g/mol. The lowest BCUT2D eigenvalue weighted by atomic mass is 10.5. The molecule has 0 radical (unpaired) electrons. The highest BCUT2D eigenvalue weighted by atomic mass is 79.9. The fourth-order valence-electron chi connectivity index (χ4n) is 0.592. The highest BCUT2D eigenvalue weighted by Crippen LogP contribution is 2.13. The van der Waals surface area contributed by atoms with E-state index in [9.17, 15) is 4.79 Å². The van der Waals surface area contributed by atoms with Crippen LogP contribution in [0.25, 0.3) is 0 Å². The van der Waals surface area contributed by atoms with Crippen LogP contribution >= 0.6 is 15.9 Å². The highest BCUT2D eigenvalue weighted by Gasteiger charge is 2.04. The topological polar surface area (TPSA) is 52.1 Å². The number of halogens is 1. The van der Waals surface area contributed by atoms with Crippen LogP contribution in [0.5, 0.6) is 5.88 Å². The largest absolute Gasteiger partial charge is 0.479 e. The minimum Gasteiger partial charge on any atom is -0.479 e. The number of carbonyl (C=O) groups excluding carboxylic acids is 1. The summed E-state index contributed by atoms with van der Waals surface area (Å²) in [7, 11) is 1.43. The molecule has 58 valence electrons. The molecule has 11 heavy (non-hydrogen) atoms. The van der Waals surface area contributed by atoms with Crippen LogP contribution in [0.3, 0.4) is 0 Å². The highest BCUT2D eigenvalue weighted by molar-refractivity contribution is 9.10. The van der Waals surface area contributed by atoms with Gasteiger partial charge >= 0.3 is 0 Å². The molecule has 0 aliphatic heterocycles. The first-order valence-corrected chi connectivity index (χ1v) is 3.59. The van der Waals surface area contributed by atoms with Gasteiger partial charge in [-0.15, -0.1) is 0 Å². The zero-order valence-electron chi connectivity index (χ0n) is 5.74. The molecule has 1 rings (SSSR count). The summed E-state index contributed by atoms with van der Waals surface area (Å²) < 4.78 is 5.32. The normalized spacial score (nSPS) is 9.27. The van der Waals surface area contributed by atoms with Gasteiger partial charge in [-0.05, 0) is 15.9 Å². The zero-order chi connectivity index (χ0) is 8.27. The van der Waals surface area contributed by atoms with Gasteiger partial charge in [-0.1, -0.05) is 0 Å². The van der Waals surface area contributed by atoms with Crippen LogP contribution in [0.15, 0.2) is 10.8 Å². The van der Waals surface area contributed by atoms with Crippen LogP contribution in [-0.2, 0) is 0 Å². The molecule has 1 aromatic heterocycles. The van der Waals surface area contributed by atoms with E-state index in [1.165, 1.54) is 13.3 Å². The number of hydrogen-bond acceptors (Lipinski definition) is 4. The van der Waals surface area contributed by atoms with Gasteiger partial charge in [0, 0.05) is 0 Å². The molecule has 0 unspecified atom stereocenters. The molecule has 0 amide bonds. The number of methoxy groups -OCH3 is 1. The van der Waals surface area contributed by atoms with Gasteiger partial charge in [0.15, 0.2) is 12.0 Å². The maximum Gasteiger partial charge on any atom is 0.244 e. The molecule has 0 bridgehead atoms. The molecule has 0 saturated heterocycles. The number of aldehydes is 1. The number of aromatic nitrogens is 2. The fraction of sp³-hybridized carbons (Fsp3) is 0.167. The molecule has 5 heteroatoms. The zero-order valence-corrected chi connectivity index (χ0v) is 7.33. The van der Waals surface area contributed by atoms with Crippen LogP contribution in [-0.4, -0.2) is 23.4 Å². The second-order valence-corrected chi connectivity index (χ2v) is 2.52. The summed E-state index contributed by atoms with van der Waals surface area (Å²) in [5, 5.41) is 0. The molecule has 0 aliphatic rings. The Kier molecular flexibility index (Phi) is 2.53. The van der Waals surface area contributed by atoms with Crippen molar-refractivity contribution in [1.29, 1.82) is 0 Å². The predicted molar refractivity (Wildman–Crippen MR) is 41.7 cm³/mol. The van der Waals surface area contributed by atoms with Gasteiger partial charge in [0.2, 0.25) is 5.88 Å². The Morgan fingerprint density at radius 3 is 3.00 bits per heavy atom. The van der Waals surface area contributed by atoms with Crippen molar-refractivity contribution in [2.24, 2.45) is 0 Å². The Morgan fingerprint density at radius 1 is 1.73 bits per heavy atom. The molecule has 1 aromatic rings. The first-order chi connectivity index (χ1) is 5.27. The Hall–Kier alpha value is -0.970. The monoisotopic (exact) mass is 216 g/mol. The number of nitrogens with zero attached hydrogens (tertiary/aromatic N) is 2. The molecule has 0 fully saturated rings. The van der Waals surface area contributed by atoms with Crippen molar-refractivity contribution in [2.75, 3.05) is 7.11 Å². The maximum atomic E-state index is 10.3. The number of rotatable bonds is 2. The minimum atomic E-state index is 0.204. The van der Waals surface area contributed by atoms with Crippen molar-refractivity contribution in [3.63, 3.8) is 0 Å². The van der Waals surface area contributed by atoms with E-state index in [4.69, 9.17) is 4.74 Å². The summed E-state index contributed by atoms with van der Waals surface area (Å²) in [6.45, 7) is 0. The first kappa shape index (κ1) is 8.13. The van der Waals surface area contributed by atoms with E-state index >= 15 is 0 Å². The number of ether oxygens (including phenoxy) is 1. The SMILES string of the molecule is COc1nc(Br)cnc1C=O. The van der Waals surface area contributed by atoms with Gasteiger partial charge < -0.3 is 4.74 Å². The van der Waals surface area contributed by atoms with Crippen LogP contribution in [0.2, 0.25) is 0 Å². The van der Waals surface area contributed by atoms with Crippen molar-refractivity contribution in [1.82, 2.24) is 9.97 Å². The lowest BCUT2D eigenvalue weighted by Crippen LogP contribution is -1.96. The van der Waals surface area contributed by atoms with Crippen molar-refractivity contribution in [3.8, 4) is 5.88 Å². The van der Waals surface area contributed by atoms with Crippen molar-refractivity contribution in [2.45, 2.75) is 0 Å². The lowest BCUT2D eigenvalue weighted by Gasteiger charge is -1.99. The molecule has 0 aliphatic carbocycles. The number of carbonyl (C=O) groups is 1. The second-order valence-electron chi connectivity index (χ2n) is 1.71. The van der Waals surface area contributed by atoms with E-state index in [1.54, 1.807) is 0 Å². The van der Waals surface area contributed by atoms with Crippen molar-refractivity contribution >= 4 is 22.2 Å². The van der Waals surface area contributed by atoms with Crippen LogP contribution in [0.1, 0.15) is 10.5 Å². The van der Waals surface area contributed by atoms with E-state index in [-0.39, 0.29) is 11.6 Å². The first-order valence-electron chi connectivity index (χ1n) is 2.79. The summed E-state index contributed by atoms with van der Waals surface area (Å²) >= 11 is 3.10. The molecule has 0 saturated carbocycles. The van der Waals surface area contributed by atoms with E-state index in [1.807, 2.05) is 0 Å². The molecular formula is C6H5BrN2O2. The van der Waals surface area contributed by atoms with Crippen molar-refractivity contribution < 1.29 is 9.53 Å². The molecule has 4 nitrogen and oxygen atoms in total. The fourth-order valence-corrected chi connectivity index (χ4v) is 0.856. The molecule has 0 atom stereocenters. The summed E-state index contributed by atoms with van der Waals surface area (Å²) in [4.78, 5) is 17.9. The molecule has 0 aromatic carbocycles. The maximum absolute atomic E-state index is 10.3. The van der Waals surface area contributed by atoms with Gasteiger partial charge in [-0.25, -0.2) is 9.97 Å². The van der Waals surface area contributed by atoms with Gasteiger partial charge in [0.1, 0.15) is 4.60 Å². The van der Waals surface area contributed by atoms with Gasteiger partial charge in [0.25, 0.3) is 0 Å².